The van der Waals surface area contributed by atoms with Crippen LogP contribution in [0.2, 0.25) is 0 Å². The maximum Gasteiger partial charge on any atom is 0.174 e. The van der Waals surface area contributed by atoms with E-state index in [1.54, 1.807) is 18.3 Å². The highest BCUT2D eigenvalue weighted by Crippen LogP contribution is 2.44. The first kappa shape index (κ1) is 24.8. The van der Waals surface area contributed by atoms with Crippen molar-refractivity contribution >= 4 is 23.0 Å². The number of ether oxygens (including phenoxy) is 1. The largest absolute Gasteiger partial charge is 0.457 e. The van der Waals surface area contributed by atoms with Crippen LogP contribution in [0, 0.1) is 19.7 Å². The van der Waals surface area contributed by atoms with Gasteiger partial charge >= 0.3 is 0 Å². The molecule has 3 aromatic carbocycles. The summed E-state index contributed by atoms with van der Waals surface area (Å²) >= 11 is 5.91. The number of thiocarbonyl (C=S) groups is 1. The van der Waals surface area contributed by atoms with Crippen molar-refractivity contribution in [2.45, 2.75) is 25.9 Å². The molecule has 0 aliphatic carbocycles. The van der Waals surface area contributed by atoms with Crippen LogP contribution in [0.4, 0.5) is 10.1 Å². The molecule has 3 heterocycles. The molecule has 7 heteroatoms. The van der Waals surface area contributed by atoms with Crippen molar-refractivity contribution in [3.05, 3.63) is 138 Å². The van der Waals surface area contributed by atoms with E-state index in [1.165, 1.54) is 6.07 Å². The number of nitrogens with zero attached hydrogens (tertiary/aromatic N) is 3. The highest BCUT2D eigenvalue weighted by atomic mass is 32.1. The van der Waals surface area contributed by atoms with E-state index >= 15 is 0 Å². The smallest absolute Gasteiger partial charge is 0.174 e. The summed E-state index contributed by atoms with van der Waals surface area (Å²) in [6.45, 7) is 4.11. The Morgan fingerprint density at radius 2 is 1.56 bits per heavy atom. The lowest BCUT2D eigenvalue weighted by atomic mass is 9.96. The molecule has 0 unspecified atom stereocenters. The van der Waals surface area contributed by atoms with Crippen molar-refractivity contribution in [1.82, 2.24) is 14.9 Å². The minimum absolute atomic E-state index is 0.179. The first-order valence-corrected chi connectivity index (χ1v) is 13.2. The summed E-state index contributed by atoms with van der Waals surface area (Å²) in [4.78, 5) is 6.80. The van der Waals surface area contributed by atoms with E-state index in [9.17, 15) is 4.39 Å². The van der Waals surface area contributed by atoms with Crippen LogP contribution < -0.4 is 15.0 Å². The molecule has 0 amide bonds. The number of aryl methyl sites for hydroxylation is 1. The number of anilines is 1. The van der Waals surface area contributed by atoms with Gasteiger partial charge in [0.05, 0.1) is 17.8 Å². The standard InChI is InChI=1S/C32H27FN4OS/c1-21-19-28(22(2)36(21)25-10-8-9-23(33)20-25)31-30(29-13-6-7-18-34-29)35-32(39)37(31)24-14-16-27(17-15-24)38-26-11-4-3-5-12-26/h3-20,30-31H,1-2H3,(H,35,39)/t30-,31+/m1/s1. The highest BCUT2D eigenvalue weighted by molar-refractivity contribution is 7.80. The molecular weight excluding hydrogens is 507 g/mol. The van der Waals surface area contributed by atoms with E-state index in [1.807, 2.05) is 85.8 Å². The Morgan fingerprint density at radius 1 is 0.821 bits per heavy atom. The number of para-hydroxylation sites is 1. The fourth-order valence-corrected chi connectivity index (χ4v) is 5.69. The number of nitrogens with one attached hydrogen (secondary N) is 1. The van der Waals surface area contributed by atoms with Crippen LogP contribution in [0.15, 0.2) is 109 Å². The average Bonchev–Trinajstić information content (AvgIpc) is 3.45. The lowest BCUT2D eigenvalue weighted by Crippen LogP contribution is -2.29. The summed E-state index contributed by atoms with van der Waals surface area (Å²) in [5.74, 6) is 1.25. The van der Waals surface area contributed by atoms with E-state index in [4.69, 9.17) is 17.0 Å². The quantitative estimate of drug-likeness (QED) is 0.227. The molecule has 2 aromatic heterocycles. The van der Waals surface area contributed by atoms with Crippen molar-refractivity contribution in [2.75, 3.05) is 4.90 Å². The van der Waals surface area contributed by atoms with Gasteiger partial charge in [-0.1, -0.05) is 30.3 Å². The molecule has 1 N–H and O–H groups in total. The molecule has 194 valence electrons. The van der Waals surface area contributed by atoms with Crippen LogP contribution in [0.5, 0.6) is 11.5 Å². The van der Waals surface area contributed by atoms with Gasteiger partial charge in [0, 0.05) is 29.0 Å². The number of rotatable bonds is 6. The van der Waals surface area contributed by atoms with Gasteiger partial charge in [0.25, 0.3) is 0 Å². The molecule has 5 nitrogen and oxygen atoms in total. The lowest BCUT2D eigenvalue weighted by molar-refractivity contribution is 0.482. The highest BCUT2D eigenvalue weighted by Gasteiger charge is 2.42. The second-order valence-corrected chi connectivity index (χ2v) is 9.93. The Morgan fingerprint density at radius 3 is 2.28 bits per heavy atom. The van der Waals surface area contributed by atoms with Gasteiger partial charge in [-0.05, 0) is 104 Å². The molecule has 6 rings (SSSR count). The summed E-state index contributed by atoms with van der Waals surface area (Å²) in [6.07, 6.45) is 1.80. The third-order valence-corrected chi connectivity index (χ3v) is 7.36. The molecule has 39 heavy (non-hydrogen) atoms. The monoisotopic (exact) mass is 534 g/mol. The molecule has 1 aliphatic heterocycles. The average molecular weight is 535 g/mol. The van der Waals surface area contributed by atoms with Crippen molar-refractivity contribution < 1.29 is 9.13 Å². The van der Waals surface area contributed by atoms with Crippen LogP contribution in [0.25, 0.3) is 5.69 Å². The Hall–Kier alpha value is -4.49. The van der Waals surface area contributed by atoms with Gasteiger partial charge in [-0.25, -0.2) is 4.39 Å². The summed E-state index contributed by atoms with van der Waals surface area (Å²) in [6, 6.07) is 32.0. The Kier molecular flexibility index (Phi) is 6.59. The van der Waals surface area contributed by atoms with Crippen molar-refractivity contribution in [1.29, 1.82) is 0 Å². The zero-order chi connectivity index (χ0) is 26.9. The number of benzene rings is 3. The predicted octanol–water partition coefficient (Wildman–Crippen LogP) is 7.60. The fraction of sp³-hybridized carbons (Fsp3) is 0.125. The van der Waals surface area contributed by atoms with Crippen LogP contribution in [-0.4, -0.2) is 14.7 Å². The third kappa shape index (κ3) is 4.77. The molecule has 0 radical (unpaired) electrons. The second kappa shape index (κ2) is 10.3. The Balaban J connectivity index is 1.42. The van der Waals surface area contributed by atoms with E-state index in [0.717, 1.165) is 45.5 Å². The van der Waals surface area contributed by atoms with Crippen LogP contribution in [0.1, 0.15) is 34.7 Å². The van der Waals surface area contributed by atoms with E-state index in [2.05, 4.69) is 32.8 Å². The van der Waals surface area contributed by atoms with Crippen LogP contribution >= 0.6 is 12.2 Å². The number of aromatic nitrogens is 2. The van der Waals surface area contributed by atoms with Crippen molar-refractivity contribution in [2.24, 2.45) is 0 Å². The molecule has 5 aromatic rings. The molecule has 2 atom stereocenters. The maximum absolute atomic E-state index is 14.1. The zero-order valence-electron chi connectivity index (χ0n) is 21.6. The van der Waals surface area contributed by atoms with Gasteiger partial charge in [-0.2, -0.15) is 0 Å². The number of hydrogen-bond donors (Lipinski definition) is 1. The summed E-state index contributed by atoms with van der Waals surface area (Å²) in [7, 11) is 0. The van der Waals surface area contributed by atoms with Crippen LogP contribution in [0.3, 0.4) is 0 Å². The summed E-state index contributed by atoms with van der Waals surface area (Å²) in [5, 5.41) is 4.13. The molecule has 0 spiro atoms. The SMILES string of the molecule is Cc1cc([C@H]2[C@@H](c3ccccn3)NC(=S)N2c2ccc(Oc3ccccc3)cc2)c(C)n1-c1cccc(F)c1. The molecule has 1 fully saturated rings. The summed E-state index contributed by atoms with van der Waals surface area (Å²) < 4.78 is 22.2. The number of pyridine rings is 1. The van der Waals surface area contributed by atoms with E-state index in [0.29, 0.717) is 5.11 Å². The maximum atomic E-state index is 14.1. The minimum atomic E-state index is -0.268. The topological polar surface area (TPSA) is 42.3 Å². The zero-order valence-corrected chi connectivity index (χ0v) is 22.4. The third-order valence-electron chi connectivity index (χ3n) is 7.05. The van der Waals surface area contributed by atoms with Gasteiger partial charge in [-0.3, -0.25) is 4.98 Å². The lowest BCUT2D eigenvalue weighted by Gasteiger charge is -2.28. The molecule has 0 bridgehead atoms. The normalized spacial score (nSPS) is 16.8. The van der Waals surface area contributed by atoms with Gasteiger partial charge in [-0.15, -0.1) is 0 Å². The minimum Gasteiger partial charge on any atom is -0.457 e. The predicted molar refractivity (Wildman–Crippen MR) is 156 cm³/mol. The van der Waals surface area contributed by atoms with Crippen molar-refractivity contribution in [3.63, 3.8) is 0 Å². The van der Waals surface area contributed by atoms with Crippen molar-refractivity contribution in [3.8, 4) is 17.2 Å². The van der Waals surface area contributed by atoms with Gasteiger partial charge < -0.3 is 19.5 Å². The summed E-state index contributed by atoms with van der Waals surface area (Å²) in [5.41, 5.74) is 5.73. The Labute approximate surface area is 232 Å². The van der Waals surface area contributed by atoms with Gasteiger partial charge in [0.2, 0.25) is 0 Å². The molecule has 1 saturated heterocycles. The van der Waals surface area contributed by atoms with E-state index < -0.39 is 0 Å². The first-order valence-electron chi connectivity index (χ1n) is 12.8. The fourth-order valence-electron chi connectivity index (χ4n) is 5.35. The number of halogens is 1. The van der Waals surface area contributed by atoms with Gasteiger partial charge in [0.15, 0.2) is 5.11 Å². The van der Waals surface area contributed by atoms with E-state index in [-0.39, 0.29) is 17.9 Å². The molecular formula is C32H27FN4OS. The number of hydrogen-bond acceptors (Lipinski definition) is 3. The molecule has 1 aliphatic rings. The van der Waals surface area contributed by atoms with Crippen LogP contribution in [-0.2, 0) is 0 Å². The molecule has 0 saturated carbocycles. The van der Waals surface area contributed by atoms with Gasteiger partial charge in [0.1, 0.15) is 17.3 Å². The Bertz CT molecular complexity index is 1620. The second-order valence-electron chi connectivity index (χ2n) is 9.55. The first-order chi connectivity index (χ1) is 19.0.